The predicted molar refractivity (Wildman–Crippen MR) is 83.6 cm³/mol. The topological polar surface area (TPSA) is 55.4 Å². The molecular weight excluding hydrogens is 286 g/mol. The second-order valence-corrected chi connectivity index (χ2v) is 7.30. The molecule has 0 unspecified atom stereocenters. The van der Waals surface area contributed by atoms with Gasteiger partial charge in [0.05, 0.1) is 5.56 Å². The second kappa shape index (κ2) is 7.07. The molecule has 0 radical (unpaired) electrons. The van der Waals surface area contributed by atoms with E-state index in [1.54, 1.807) is 11.3 Å². The molecule has 1 heterocycles. The van der Waals surface area contributed by atoms with E-state index in [2.05, 4.69) is 12.2 Å². The smallest absolute Gasteiger partial charge is 0.339 e. The Kier molecular flexibility index (Phi) is 5.39. The lowest BCUT2D eigenvalue weighted by molar-refractivity contribution is -0.125. The van der Waals surface area contributed by atoms with E-state index in [1.807, 2.05) is 19.9 Å². The van der Waals surface area contributed by atoms with Crippen LogP contribution < -0.4 is 5.32 Å². The zero-order chi connectivity index (χ0) is 15.4. The highest BCUT2D eigenvalue weighted by atomic mass is 32.1. The lowest BCUT2D eigenvalue weighted by atomic mass is 9.86. The molecule has 116 valence electrons. The minimum atomic E-state index is -0.413. The number of hydrogen-bond acceptors (Lipinski definition) is 4. The molecule has 21 heavy (non-hydrogen) atoms. The van der Waals surface area contributed by atoms with E-state index in [-0.39, 0.29) is 18.6 Å². The van der Waals surface area contributed by atoms with E-state index in [0.717, 1.165) is 29.0 Å². The zero-order valence-corrected chi connectivity index (χ0v) is 13.7. The van der Waals surface area contributed by atoms with Crippen molar-refractivity contribution in [3.05, 3.63) is 21.4 Å². The average Bonchev–Trinajstić information content (AvgIpc) is 2.78. The molecule has 2 rings (SSSR count). The van der Waals surface area contributed by atoms with E-state index in [1.165, 1.54) is 6.42 Å². The van der Waals surface area contributed by atoms with Crippen molar-refractivity contribution in [2.24, 2.45) is 5.92 Å². The molecule has 0 bridgehead atoms. The molecule has 2 atom stereocenters. The molecule has 4 nitrogen and oxygen atoms in total. The number of nitrogens with one attached hydrogen (secondary N) is 1. The van der Waals surface area contributed by atoms with Gasteiger partial charge in [0.2, 0.25) is 0 Å². The van der Waals surface area contributed by atoms with Gasteiger partial charge in [-0.3, -0.25) is 4.79 Å². The molecule has 1 fully saturated rings. The molecule has 0 spiro atoms. The van der Waals surface area contributed by atoms with Crippen LogP contribution in [0.3, 0.4) is 0 Å². The molecule has 1 aromatic rings. The van der Waals surface area contributed by atoms with Crippen LogP contribution in [0.2, 0.25) is 0 Å². The summed E-state index contributed by atoms with van der Waals surface area (Å²) in [4.78, 5) is 25.8. The summed E-state index contributed by atoms with van der Waals surface area (Å²) in [7, 11) is 0. The van der Waals surface area contributed by atoms with E-state index in [9.17, 15) is 9.59 Å². The van der Waals surface area contributed by atoms with E-state index in [4.69, 9.17) is 4.74 Å². The van der Waals surface area contributed by atoms with E-state index < -0.39 is 5.97 Å². The first-order valence-corrected chi connectivity index (χ1v) is 8.32. The number of esters is 1. The summed E-state index contributed by atoms with van der Waals surface area (Å²) in [6.45, 7) is 5.80. The Labute approximate surface area is 129 Å². The number of carbonyl (C=O) groups is 2. The average molecular weight is 309 g/mol. The fourth-order valence-corrected chi connectivity index (χ4v) is 3.73. The maximum absolute atomic E-state index is 11.9. The zero-order valence-electron chi connectivity index (χ0n) is 12.9. The van der Waals surface area contributed by atoms with Gasteiger partial charge in [-0.2, -0.15) is 0 Å². The summed E-state index contributed by atoms with van der Waals surface area (Å²) in [5, 5.41) is 2.98. The Bertz CT molecular complexity index is 524. The minimum absolute atomic E-state index is 0.198. The third-order valence-electron chi connectivity index (χ3n) is 4.05. The highest BCUT2D eigenvalue weighted by molar-refractivity contribution is 7.12. The van der Waals surface area contributed by atoms with Gasteiger partial charge in [-0.1, -0.05) is 19.8 Å². The number of amides is 1. The van der Waals surface area contributed by atoms with Crippen LogP contribution in [0.4, 0.5) is 0 Å². The van der Waals surface area contributed by atoms with Gasteiger partial charge < -0.3 is 10.1 Å². The van der Waals surface area contributed by atoms with Gasteiger partial charge in [-0.05, 0) is 38.7 Å². The molecule has 1 saturated carbocycles. The highest BCUT2D eigenvalue weighted by Gasteiger charge is 2.23. The van der Waals surface area contributed by atoms with Crippen LogP contribution in [-0.2, 0) is 9.53 Å². The van der Waals surface area contributed by atoms with Gasteiger partial charge in [-0.15, -0.1) is 11.3 Å². The maximum Gasteiger partial charge on any atom is 0.339 e. The SMILES string of the molecule is Cc1cc(C(=O)OCC(=O)N[C@@H]2CCCC[C@H]2C)c(C)s1. The molecule has 0 aliphatic heterocycles. The first kappa shape index (κ1) is 16.0. The lowest BCUT2D eigenvalue weighted by Gasteiger charge is -2.29. The summed E-state index contributed by atoms with van der Waals surface area (Å²) in [6.07, 6.45) is 4.56. The van der Waals surface area contributed by atoms with Crippen LogP contribution in [0, 0.1) is 19.8 Å². The van der Waals surface area contributed by atoms with Gasteiger partial charge in [0, 0.05) is 15.8 Å². The largest absolute Gasteiger partial charge is 0.452 e. The first-order chi connectivity index (χ1) is 9.97. The van der Waals surface area contributed by atoms with Crippen molar-refractivity contribution in [2.45, 2.75) is 52.5 Å². The molecule has 5 heteroatoms. The monoisotopic (exact) mass is 309 g/mol. The minimum Gasteiger partial charge on any atom is -0.452 e. The number of aryl methyl sites for hydroxylation is 2. The van der Waals surface area contributed by atoms with Crippen molar-refractivity contribution in [2.75, 3.05) is 6.61 Å². The van der Waals surface area contributed by atoms with Gasteiger partial charge in [0.25, 0.3) is 5.91 Å². The Balaban J connectivity index is 1.81. The Hall–Kier alpha value is -1.36. The number of carbonyl (C=O) groups excluding carboxylic acids is 2. The van der Waals surface area contributed by atoms with Crippen LogP contribution in [0.5, 0.6) is 0 Å². The number of thiophene rings is 1. The Morgan fingerprint density at radius 3 is 2.67 bits per heavy atom. The lowest BCUT2D eigenvalue weighted by Crippen LogP contribution is -2.42. The third kappa shape index (κ3) is 4.30. The highest BCUT2D eigenvalue weighted by Crippen LogP contribution is 2.24. The fourth-order valence-electron chi connectivity index (χ4n) is 2.82. The number of hydrogen-bond donors (Lipinski definition) is 1. The summed E-state index contributed by atoms with van der Waals surface area (Å²) < 4.78 is 5.12. The molecular formula is C16H23NO3S. The molecule has 1 aliphatic carbocycles. The van der Waals surface area contributed by atoms with Crippen LogP contribution in [0.1, 0.15) is 52.7 Å². The molecule has 0 aromatic carbocycles. The normalized spacial score (nSPS) is 21.9. The van der Waals surface area contributed by atoms with Gasteiger partial charge in [0.1, 0.15) is 0 Å². The Morgan fingerprint density at radius 1 is 1.33 bits per heavy atom. The number of rotatable bonds is 4. The predicted octanol–water partition coefficient (Wildman–Crippen LogP) is 3.22. The summed E-state index contributed by atoms with van der Waals surface area (Å²) in [6, 6.07) is 2.03. The van der Waals surface area contributed by atoms with Crippen molar-refractivity contribution in [1.29, 1.82) is 0 Å². The van der Waals surface area contributed by atoms with Crippen LogP contribution in [-0.4, -0.2) is 24.5 Å². The maximum atomic E-state index is 11.9. The third-order valence-corrected chi connectivity index (χ3v) is 5.02. The van der Waals surface area contributed by atoms with E-state index >= 15 is 0 Å². The summed E-state index contributed by atoms with van der Waals surface area (Å²) in [5.74, 6) is -0.115. The van der Waals surface area contributed by atoms with Gasteiger partial charge in [0.15, 0.2) is 6.61 Å². The summed E-state index contributed by atoms with van der Waals surface area (Å²) in [5.41, 5.74) is 0.566. The van der Waals surface area contributed by atoms with Crippen molar-refractivity contribution in [1.82, 2.24) is 5.32 Å². The molecule has 1 aromatic heterocycles. The fraction of sp³-hybridized carbons (Fsp3) is 0.625. The summed E-state index contributed by atoms with van der Waals surface area (Å²) >= 11 is 1.56. The van der Waals surface area contributed by atoms with Crippen molar-refractivity contribution < 1.29 is 14.3 Å². The molecule has 1 N–H and O–H groups in total. The molecule has 1 aliphatic rings. The van der Waals surface area contributed by atoms with Crippen LogP contribution in [0.25, 0.3) is 0 Å². The first-order valence-electron chi connectivity index (χ1n) is 7.51. The molecule has 1 amide bonds. The van der Waals surface area contributed by atoms with Crippen molar-refractivity contribution in [3.63, 3.8) is 0 Å². The van der Waals surface area contributed by atoms with Crippen LogP contribution in [0.15, 0.2) is 6.07 Å². The van der Waals surface area contributed by atoms with Crippen LogP contribution >= 0.6 is 11.3 Å². The number of ether oxygens (including phenoxy) is 1. The Morgan fingerprint density at radius 2 is 2.05 bits per heavy atom. The van der Waals surface area contributed by atoms with Gasteiger partial charge in [-0.25, -0.2) is 4.79 Å². The standard InChI is InChI=1S/C16H23NO3S/c1-10-6-4-5-7-14(10)17-15(18)9-20-16(19)13-8-11(2)21-12(13)3/h8,10,14H,4-7,9H2,1-3H3,(H,17,18)/t10-,14-/m1/s1. The second-order valence-electron chi connectivity index (χ2n) is 5.84. The van der Waals surface area contributed by atoms with Crippen molar-refractivity contribution in [3.8, 4) is 0 Å². The van der Waals surface area contributed by atoms with Crippen molar-refractivity contribution >= 4 is 23.2 Å². The quantitative estimate of drug-likeness (QED) is 0.869. The van der Waals surface area contributed by atoms with E-state index in [0.29, 0.717) is 11.5 Å². The van der Waals surface area contributed by atoms with Gasteiger partial charge >= 0.3 is 5.97 Å². The molecule has 0 saturated heterocycles.